The maximum absolute atomic E-state index is 11.8. The first-order valence-electron chi connectivity index (χ1n) is 6.75. The van der Waals surface area contributed by atoms with Crippen molar-refractivity contribution < 1.29 is 18.0 Å². The van der Waals surface area contributed by atoms with Crippen LogP contribution >= 0.6 is 0 Å². The number of carbonyl (C=O) groups excluding carboxylic acids is 2. The van der Waals surface area contributed by atoms with Gasteiger partial charge in [-0.15, -0.1) is 0 Å². The van der Waals surface area contributed by atoms with Gasteiger partial charge < -0.3 is 5.32 Å². The van der Waals surface area contributed by atoms with Crippen LogP contribution in [0, 0.1) is 0 Å². The van der Waals surface area contributed by atoms with Gasteiger partial charge in [0, 0.05) is 24.9 Å². The van der Waals surface area contributed by atoms with Crippen molar-refractivity contribution in [3.05, 3.63) is 35.4 Å². The van der Waals surface area contributed by atoms with E-state index in [1.165, 1.54) is 0 Å². The van der Waals surface area contributed by atoms with E-state index in [9.17, 15) is 18.0 Å². The van der Waals surface area contributed by atoms with Crippen LogP contribution in [0.4, 0.5) is 0 Å². The lowest BCUT2D eigenvalue weighted by Crippen LogP contribution is -2.31. The lowest BCUT2D eigenvalue weighted by molar-refractivity contribution is -0.117. The van der Waals surface area contributed by atoms with Crippen LogP contribution in [0.15, 0.2) is 24.3 Å². The smallest absolute Gasteiger partial charge is 0.251 e. The van der Waals surface area contributed by atoms with E-state index in [2.05, 4.69) is 5.32 Å². The van der Waals surface area contributed by atoms with Gasteiger partial charge in [-0.05, 0) is 30.0 Å². The minimum Gasteiger partial charge on any atom is -0.351 e. The molecule has 1 aromatic carbocycles. The van der Waals surface area contributed by atoms with Crippen LogP contribution in [0.25, 0.3) is 0 Å². The van der Waals surface area contributed by atoms with Crippen LogP contribution in [0.1, 0.15) is 41.1 Å². The molecule has 0 spiro atoms. The molecule has 1 aliphatic carbocycles. The van der Waals surface area contributed by atoms with Crippen LogP contribution in [-0.4, -0.2) is 32.4 Å². The third kappa shape index (κ3) is 4.64. The molecule has 7 heteroatoms. The largest absolute Gasteiger partial charge is 0.351 e. The van der Waals surface area contributed by atoms with Gasteiger partial charge >= 0.3 is 0 Å². The molecule has 114 valence electrons. The normalized spacial score (nSPS) is 18.7. The first kappa shape index (κ1) is 15.7. The Morgan fingerprint density at radius 1 is 1.29 bits per heavy atom. The number of Topliss-reactive ketones (excluding diaryl/α,β-unsaturated/α-hetero) is 1. The third-order valence-corrected chi connectivity index (χ3v) is 4.34. The van der Waals surface area contributed by atoms with Gasteiger partial charge in [-0.3, -0.25) is 9.59 Å². The summed E-state index contributed by atoms with van der Waals surface area (Å²) >= 11 is 0. The fourth-order valence-electron chi connectivity index (χ4n) is 2.41. The number of nitrogens with one attached hydrogen (secondary N) is 1. The summed E-state index contributed by atoms with van der Waals surface area (Å²) in [5.41, 5.74) is 1.51. The van der Waals surface area contributed by atoms with Crippen molar-refractivity contribution in [3.8, 4) is 0 Å². The van der Waals surface area contributed by atoms with Gasteiger partial charge in [-0.25, -0.2) is 13.6 Å². The molecule has 3 N–H and O–H groups in total. The molecule has 1 saturated carbocycles. The number of amides is 1. The molecule has 0 radical (unpaired) electrons. The predicted octanol–water partition coefficient (Wildman–Crippen LogP) is 0.542. The number of benzene rings is 1. The van der Waals surface area contributed by atoms with E-state index in [0.717, 1.165) is 12.0 Å². The van der Waals surface area contributed by atoms with Crippen molar-refractivity contribution in [1.82, 2.24) is 5.32 Å². The number of ketones is 1. The molecular weight excluding hydrogens is 292 g/mol. The van der Waals surface area contributed by atoms with Crippen molar-refractivity contribution in [3.63, 3.8) is 0 Å². The molecule has 1 amide bonds. The van der Waals surface area contributed by atoms with Gasteiger partial charge in [0.25, 0.3) is 5.91 Å². The Bertz CT molecular complexity index is 637. The van der Waals surface area contributed by atoms with Crippen LogP contribution < -0.4 is 10.5 Å². The van der Waals surface area contributed by atoms with E-state index in [0.29, 0.717) is 18.4 Å². The second-order valence-electron chi connectivity index (χ2n) is 5.22. The summed E-state index contributed by atoms with van der Waals surface area (Å²) in [5, 5.41) is 7.35. The number of hydrogen-bond acceptors (Lipinski definition) is 4. The standard InChI is InChI=1S/C14H18N2O4S/c15-21(19,20)8-7-16-14(18)11-3-1-10(2-4-11)12-5-6-13(17)9-12/h1-4,12H,5-9H2,(H,16,18)(H2,15,19,20)/t12-/m0/s1. The summed E-state index contributed by atoms with van der Waals surface area (Å²) in [6, 6.07) is 7.06. The average Bonchev–Trinajstić information content (AvgIpc) is 2.84. The Morgan fingerprint density at radius 2 is 1.95 bits per heavy atom. The highest BCUT2D eigenvalue weighted by Crippen LogP contribution is 2.31. The van der Waals surface area contributed by atoms with Crippen molar-refractivity contribution >= 4 is 21.7 Å². The van der Waals surface area contributed by atoms with Crippen LogP contribution in [0.3, 0.4) is 0 Å². The van der Waals surface area contributed by atoms with Crippen molar-refractivity contribution in [2.75, 3.05) is 12.3 Å². The molecule has 1 aromatic rings. The molecule has 21 heavy (non-hydrogen) atoms. The Labute approximate surface area is 123 Å². The highest BCUT2D eigenvalue weighted by atomic mass is 32.2. The van der Waals surface area contributed by atoms with E-state index in [1.54, 1.807) is 12.1 Å². The second kappa shape index (κ2) is 6.36. The monoisotopic (exact) mass is 310 g/mol. The molecule has 1 fully saturated rings. The van der Waals surface area contributed by atoms with Gasteiger partial charge in [-0.1, -0.05) is 12.1 Å². The summed E-state index contributed by atoms with van der Waals surface area (Å²) in [6.45, 7) is -0.0173. The zero-order valence-electron chi connectivity index (χ0n) is 11.5. The second-order valence-corrected chi connectivity index (χ2v) is 6.96. The Morgan fingerprint density at radius 3 is 2.48 bits per heavy atom. The minimum absolute atomic E-state index is 0.0173. The number of carbonyl (C=O) groups is 2. The first-order chi connectivity index (χ1) is 9.85. The van der Waals surface area contributed by atoms with Gasteiger partial charge in [0.1, 0.15) is 5.78 Å². The molecule has 1 atom stereocenters. The van der Waals surface area contributed by atoms with Gasteiger partial charge in [0.05, 0.1) is 5.75 Å². The molecule has 0 unspecified atom stereocenters. The zero-order valence-corrected chi connectivity index (χ0v) is 12.4. The SMILES string of the molecule is NS(=O)(=O)CCNC(=O)c1ccc([C@H]2CCC(=O)C2)cc1. The highest BCUT2D eigenvalue weighted by Gasteiger charge is 2.23. The lowest BCUT2D eigenvalue weighted by Gasteiger charge is -2.09. The average molecular weight is 310 g/mol. The van der Waals surface area contributed by atoms with E-state index in [1.807, 2.05) is 12.1 Å². The summed E-state index contributed by atoms with van der Waals surface area (Å²) in [5.74, 6) is -0.101. The Kier molecular flexibility index (Phi) is 4.74. The van der Waals surface area contributed by atoms with Crippen LogP contribution in [-0.2, 0) is 14.8 Å². The zero-order chi connectivity index (χ0) is 15.5. The highest BCUT2D eigenvalue weighted by molar-refractivity contribution is 7.89. The van der Waals surface area contributed by atoms with Crippen LogP contribution in [0.2, 0.25) is 0 Å². The predicted molar refractivity (Wildman–Crippen MR) is 78.3 cm³/mol. The summed E-state index contributed by atoms with van der Waals surface area (Å²) in [4.78, 5) is 23.1. The maximum atomic E-state index is 11.8. The summed E-state index contributed by atoms with van der Waals surface area (Å²) < 4.78 is 21.5. The Balaban J connectivity index is 1.92. The van der Waals surface area contributed by atoms with E-state index in [-0.39, 0.29) is 29.9 Å². The van der Waals surface area contributed by atoms with Gasteiger partial charge in [0.15, 0.2) is 0 Å². The van der Waals surface area contributed by atoms with E-state index < -0.39 is 10.0 Å². The number of hydrogen-bond donors (Lipinski definition) is 2. The molecule has 0 bridgehead atoms. The molecule has 0 aliphatic heterocycles. The summed E-state index contributed by atoms with van der Waals surface area (Å²) in [7, 11) is -3.57. The molecule has 0 saturated heterocycles. The fraction of sp³-hybridized carbons (Fsp3) is 0.429. The van der Waals surface area contributed by atoms with E-state index >= 15 is 0 Å². The van der Waals surface area contributed by atoms with Crippen molar-refractivity contribution in [1.29, 1.82) is 0 Å². The number of rotatable bonds is 5. The minimum atomic E-state index is -3.57. The van der Waals surface area contributed by atoms with E-state index in [4.69, 9.17) is 5.14 Å². The van der Waals surface area contributed by atoms with Gasteiger partial charge in [0.2, 0.25) is 10.0 Å². The number of primary sulfonamides is 1. The molecule has 0 heterocycles. The molecule has 6 nitrogen and oxygen atoms in total. The third-order valence-electron chi connectivity index (χ3n) is 3.56. The lowest BCUT2D eigenvalue weighted by atomic mass is 9.96. The number of nitrogens with two attached hydrogens (primary N) is 1. The molecule has 2 rings (SSSR count). The molecule has 0 aromatic heterocycles. The topological polar surface area (TPSA) is 106 Å². The van der Waals surface area contributed by atoms with Crippen molar-refractivity contribution in [2.24, 2.45) is 5.14 Å². The maximum Gasteiger partial charge on any atom is 0.251 e. The van der Waals surface area contributed by atoms with Crippen LogP contribution in [0.5, 0.6) is 0 Å². The summed E-state index contributed by atoms with van der Waals surface area (Å²) in [6.07, 6.45) is 2.05. The van der Waals surface area contributed by atoms with Crippen molar-refractivity contribution in [2.45, 2.75) is 25.2 Å². The Hall–Kier alpha value is -1.73. The van der Waals surface area contributed by atoms with Gasteiger partial charge in [-0.2, -0.15) is 0 Å². The quantitative estimate of drug-likeness (QED) is 0.827. The molecule has 1 aliphatic rings. The number of sulfonamides is 1. The molecular formula is C14H18N2O4S. The fourth-order valence-corrected chi connectivity index (χ4v) is 2.80. The first-order valence-corrected chi connectivity index (χ1v) is 8.47.